The van der Waals surface area contributed by atoms with Gasteiger partial charge in [0.25, 0.3) is 0 Å². The molecule has 3 nitrogen and oxygen atoms in total. The first-order valence-corrected chi connectivity index (χ1v) is 7.36. The van der Waals surface area contributed by atoms with Gasteiger partial charge in [-0.3, -0.25) is 16.3 Å². The highest BCUT2D eigenvalue weighted by Gasteiger charge is 2.26. The highest BCUT2D eigenvalue weighted by molar-refractivity contribution is 8.00. The largest absolute Gasteiger partial charge is 0.271 e. The maximum absolute atomic E-state index is 5.75. The molecule has 2 unspecified atom stereocenters. The number of benzene rings is 1. The van der Waals surface area contributed by atoms with Gasteiger partial charge in [0.2, 0.25) is 0 Å². The zero-order valence-corrected chi connectivity index (χ0v) is 11.0. The Balaban J connectivity index is 1.96. The van der Waals surface area contributed by atoms with Crippen LogP contribution in [0.2, 0.25) is 0 Å². The maximum atomic E-state index is 5.75. The minimum atomic E-state index is 0.238. The summed E-state index contributed by atoms with van der Waals surface area (Å²) in [5.41, 5.74) is 5.28. The molecule has 0 bridgehead atoms. The van der Waals surface area contributed by atoms with E-state index in [2.05, 4.69) is 34.7 Å². The van der Waals surface area contributed by atoms with Crippen LogP contribution < -0.4 is 11.3 Å². The summed E-state index contributed by atoms with van der Waals surface area (Å²) in [6.45, 7) is 0. The standard InChI is InChI=1S/C14H17N3S/c15-17-14(13-4-2-8-18-13)11-5-6-12-10(9-11)3-1-7-16-12/h1,3,5-7,9,13-14,17H,2,4,8,15H2. The fourth-order valence-electron chi connectivity index (χ4n) is 2.57. The normalized spacial score (nSPS) is 21.3. The van der Waals surface area contributed by atoms with E-state index in [1.165, 1.54) is 29.5 Å². The topological polar surface area (TPSA) is 50.9 Å². The second-order valence-corrected chi connectivity index (χ2v) is 6.00. The molecule has 0 radical (unpaired) electrons. The molecule has 1 fully saturated rings. The van der Waals surface area contributed by atoms with Crippen molar-refractivity contribution in [3.63, 3.8) is 0 Å². The lowest BCUT2D eigenvalue weighted by Gasteiger charge is -2.22. The predicted molar refractivity (Wildman–Crippen MR) is 77.3 cm³/mol. The van der Waals surface area contributed by atoms with Gasteiger partial charge in [-0.15, -0.1) is 0 Å². The predicted octanol–water partition coefficient (Wildman–Crippen LogP) is 2.63. The Labute approximate surface area is 111 Å². The molecule has 4 heteroatoms. The molecule has 1 aliphatic rings. The summed E-state index contributed by atoms with van der Waals surface area (Å²) < 4.78 is 0. The maximum Gasteiger partial charge on any atom is 0.0702 e. The van der Waals surface area contributed by atoms with E-state index < -0.39 is 0 Å². The van der Waals surface area contributed by atoms with E-state index in [-0.39, 0.29) is 6.04 Å². The number of nitrogens with one attached hydrogen (secondary N) is 1. The van der Waals surface area contributed by atoms with Gasteiger partial charge in [-0.2, -0.15) is 11.8 Å². The van der Waals surface area contributed by atoms with Gasteiger partial charge in [0.1, 0.15) is 0 Å². The number of hydrogen-bond acceptors (Lipinski definition) is 4. The van der Waals surface area contributed by atoms with Gasteiger partial charge in [0.15, 0.2) is 0 Å². The lowest BCUT2D eigenvalue weighted by atomic mass is 9.99. The summed E-state index contributed by atoms with van der Waals surface area (Å²) in [6.07, 6.45) is 4.36. The van der Waals surface area contributed by atoms with Crippen LogP contribution in [-0.4, -0.2) is 16.0 Å². The van der Waals surface area contributed by atoms with E-state index >= 15 is 0 Å². The second-order valence-electron chi connectivity index (χ2n) is 4.65. The number of hydrogen-bond donors (Lipinski definition) is 2. The number of fused-ring (bicyclic) bond motifs is 1. The minimum absolute atomic E-state index is 0.238. The van der Waals surface area contributed by atoms with Crippen molar-refractivity contribution in [1.29, 1.82) is 0 Å². The quantitative estimate of drug-likeness (QED) is 0.657. The van der Waals surface area contributed by atoms with Crippen LogP contribution in [0, 0.1) is 0 Å². The van der Waals surface area contributed by atoms with E-state index in [9.17, 15) is 0 Å². The highest BCUT2D eigenvalue weighted by atomic mass is 32.2. The molecule has 2 atom stereocenters. The third kappa shape index (κ3) is 2.23. The summed E-state index contributed by atoms with van der Waals surface area (Å²) in [5, 5.41) is 1.77. The van der Waals surface area contributed by atoms with Crippen LogP contribution >= 0.6 is 11.8 Å². The van der Waals surface area contributed by atoms with Crippen molar-refractivity contribution in [3.8, 4) is 0 Å². The first kappa shape index (κ1) is 12.0. The van der Waals surface area contributed by atoms with Crippen molar-refractivity contribution >= 4 is 22.7 Å². The van der Waals surface area contributed by atoms with Gasteiger partial charge < -0.3 is 0 Å². The lowest BCUT2D eigenvalue weighted by molar-refractivity contribution is 0.521. The summed E-state index contributed by atoms with van der Waals surface area (Å²) in [7, 11) is 0. The molecular formula is C14H17N3S. The number of rotatable bonds is 3. The first-order valence-electron chi connectivity index (χ1n) is 6.31. The van der Waals surface area contributed by atoms with Crippen LogP contribution in [0.3, 0.4) is 0 Å². The van der Waals surface area contributed by atoms with Crippen LogP contribution in [0.1, 0.15) is 24.4 Å². The first-order chi connectivity index (χ1) is 8.88. The molecule has 1 saturated heterocycles. The Hall–Kier alpha value is -1.10. The Bertz CT molecular complexity index is 537. The van der Waals surface area contributed by atoms with Gasteiger partial charge in [-0.25, -0.2) is 0 Å². The van der Waals surface area contributed by atoms with Crippen molar-refractivity contribution in [1.82, 2.24) is 10.4 Å². The van der Waals surface area contributed by atoms with Gasteiger partial charge in [-0.05, 0) is 42.4 Å². The molecule has 3 N–H and O–H groups in total. The number of nitrogens with two attached hydrogens (primary N) is 1. The molecule has 1 aromatic heterocycles. The molecule has 0 aliphatic carbocycles. The zero-order chi connectivity index (χ0) is 12.4. The van der Waals surface area contributed by atoms with Crippen LogP contribution in [0.5, 0.6) is 0 Å². The van der Waals surface area contributed by atoms with Gasteiger partial charge in [0, 0.05) is 16.8 Å². The molecule has 3 rings (SSSR count). The average molecular weight is 259 g/mol. The second kappa shape index (κ2) is 5.26. The summed E-state index contributed by atoms with van der Waals surface area (Å²) in [6, 6.07) is 10.7. The number of hydrazine groups is 1. The number of aromatic nitrogens is 1. The Morgan fingerprint density at radius 1 is 1.39 bits per heavy atom. The summed E-state index contributed by atoms with van der Waals surface area (Å²) >= 11 is 2.02. The van der Waals surface area contributed by atoms with E-state index in [0.717, 1.165) is 5.52 Å². The minimum Gasteiger partial charge on any atom is -0.271 e. The molecule has 0 saturated carbocycles. The fraction of sp³-hybridized carbons (Fsp3) is 0.357. The third-order valence-corrected chi connectivity index (χ3v) is 4.96. The van der Waals surface area contributed by atoms with Crippen LogP contribution in [-0.2, 0) is 0 Å². The smallest absolute Gasteiger partial charge is 0.0702 e. The monoisotopic (exact) mass is 259 g/mol. The van der Waals surface area contributed by atoms with Crippen molar-refractivity contribution in [2.75, 3.05) is 5.75 Å². The van der Waals surface area contributed by atoms with Crippen LogP contribution in [0.15, 0.2) is 36.5 Å². The summed E-state index contributed by atoms with van der Waals surface area (Å²) in [5.74, 6) is 7.00. The lowest BCUT2D eigenvalue weighted by Crippen LogP contribution is -2.34. The molecule has 94 valence electrons. The van der Waals surface area contributed by atoms with E-state index in [1.54, 1.807) is 0 Å². The number of pyridine rings is 1. The SMILES string of the molecule is NNC(c1ccc2ncccc2c1)C1CCCS1. The molecule has 18 heavy (non-hydrogen) atoms. The van der Waals surface area contributed by atoms with Gasteiger partial charge in [-0.1, -0.05) is 12.1 Å². The third-order valence-electron chi connectivity index (χ3n) is 3.50. The molecular weight excluding hydrogens is 242 g/mol. The van der Waals surface area contributed by atoms with Crippen LogP contribution in [0.25, 0.3) is 10.9 Å². The van der Waals surface area contributed by atoms with Crippen molar-refractivity contribution in [2.24, 2.45) is 5.84 Å². The fourth-order valence-corrected chi connectivity index (χ4v) is 3.97. The molecule has 2 aromatic rings. The molecule has 2 heterocycles. The molecule has 0 amide bonds. The summed E-state index contributed by atoms with van der Waals surface area (Å²) in [4.78, 5) is 4.35. The van der Waals surface area contributed by atoms with E-state index in [1.807, 2.05) is 24.0 Å². The Kier molecular flexibility index (Phi) is 3.50. The average Bonchev–Trinajstić information content (AvgIpc) is 2.93. The molecule has 0 spiro atoms. The Morgan fingerprint density at radius 3 is 3.11 bits per heavy atom. The van der Waals surface area contributed by atoms with Crippen LogP contribution in [0.4, 0.5) is 0 Å². The van der Waals surface area contributed by atoms with Gasteiger partial charge in [0.05, 0.1) is 11.6 Å². The number of nitrogens with zero attached hydrogens (tertiary/aromatic N) is 1. The van der Waals surface area contributed by atoms with Crippen molar-refractivity contribution < 1.29 is 0 Å². The Morgan fingerprint density at radius 2 is 2.33 bits per heavy atom. The van der Waals surface area contributed by atoms with E-state index in [0.29, 0.717) is 5.25 Å². The van der Waals surface area contributed by atoms with E-state index in [4.69, 9.17) is 5.84 Å². The zero-order valence-electron chi connectivity index (χ0n) is 10.2. The van der Waals surface area contributed by atoms with Crippen molar-refractivity contribution in [2.45, 2.75) is 24.1 Å². The van der Waals surface area contributed by atoms with Crippen molar-refractivity contribution in [3.05, 3.63) is 42.1 Å². The number of thioether (sulfide) groups is 1. The molecule has 1 aliphatic heterocycles. The van der Waals surface area contributed by atoms with Gasteiger partial charge >= 0.3 is 0 Å². The highest BCUT2D eigenvalue weighted by Crippen LogP contribution is 2.36. The molecule has 1 aromatic carbocycles.